The van der Waals surface area contributed by atoms with Crippen molar-refractivity contribution in [3.63, 3.8) is 0 Å². The number of carbonyl (C=O) groups is 3. The molecular formula is C24H38BrN5O7. The molecule has 2 amide bonds. The summed E-state index contributed by atoms with van der Waals surface area (Å²) in [6.07, 6.45) is 7.37. The molecular weight excluding hydrogens is 550 g/mol. The molecule has 1 aromatic heterocycles. The first-order valence-corrected chi connectivity index (χ1v) is 12.9. The van der Waals surface area contributed by atoms with Gasteiger partial charge in [-0.1, -0.05) is 27.1 Å². The molecule has 0 aliphatic heterocycles. The van der Waals surface area contributed by atoms with Crippen LogP contribution in [0, 0.1) is 23.7 Å². The average Bonchev–Trinajstić information content (AvgIpc) is 3.33. The van der Waals surface area contributed by atoms with E-state index < -0.39 is 22.1 Å². The molecule has 1 heterocycles. The summed E-state index contributed by atoms with van der Waals surface area (Å²) in [5, 5.41) is 13.1. The van der Waals surface area contributed by atoms with Gasteiger partial charge < -0.3 is 29.6 Å². The number of aromatic nitrogens is 3. The van der Waals surface area contributed by atoms with E-state index in [-0.39, 0.29) is 44.5 Å². The quantitative estimate of drug-likeness (QED) is 0.103. The molecule has 2 unspecified atom stereocenters. The van der Waals surface area contributed by atoms with E-state index in [9.17, 15) is 14.4 Å². The van der Waals surface area contributed by atoms with Gasteiger partial charge in [0.05, 0.1) is 56.0 Å². The smallest absolute Gasteiger partial charge is 0.311 e. The Bertz CT molecular complexity index is 887. The fraction of sp³-hybridized carbons (Fsp3) is 0.708. The number of nitrogens with zero attached hydrogens (tertiary/aromatic N) is 3. The van der Waals surface area contributed by atoms with Gasteiger partial charge in [0.25, 0.3) is 0 Å². The highest BCUT2D eigenvalue weighted by Crippen LogP contribution is 2.31. The highest BCUT2D eigenvalue weighted by atomic mass is 79.9. The number of alkyl halides is 1. The van der Waals surface area contributed by atoms with Crippen molar-refractivity contribution in [3.8, 4) is 12.3 Å². The van der Waals surface area contributed by atoms with Gasteiger partial charge in [-0.25, -0.2) is 4.68 Å². The Hall–Kier alpha value is -2.53. The molecule has 0 spiro atoms. The lowest BCUT2D eigenvalue weighted by Gasteiger charge is -2.28. The molecule has 0 saturated carbocycles. The van der Waals surface area contributed by atoms with Crippen LogP contribution in [0.15, 0.2) is 6.20 Å². The number of rotatable bonds is 19. The van der Waals surface area contributed by atoms with Crippen LogP contribution in [0.1, 0.15) is 32.4 Å². The number of hydrogen-bond acceptors (Lipinski definition) is 9. The monoisotopic (exact) mass is 587 g/mol. The van der Waals surface area contributed by atoms with Gasteiger partial charge in [0.1, 0.15) is 18.9 Å². The maximum Gasteiger partial charge on any atom is 0.311 e. The van der Waals surface area contributed by atoms with Crippen molar-refractivity contribution in [2.24, 2.45) is 11.3 Å². The summed E-state index contributed by atoms with van der Waals surface area (Å²) in [5.74, 6) is 0.927. The molecule has 0 aliphatic rings. The van der Waals surface area contributed by atoms with Crippen molar-refractivity contribution in [1.29, 1.82) is 0 Å². The minimum Gasteiger partial charge on any atom is -0.463 e. The van der Waals surface area contributed by atoms with Crippen molar-refractivity contribution in [1.82, 2.24) is 25.6 Å². The van der Waals surface area contributed by atoms with E-state index in [4.69, 9.17) is 25.4 Å². The first kappa shape index (κ1) is 32.5. The highest BCUT2D eigenvalue weighted by molar-refractivity contribution is 9.10. The van der Waals surface area contributed by atoms with Crippen molar-refractivity contribution in [2.75, 3.05) is 53.7 Å². The van der Waals surface area contributed by atoms with Crippen molar-refractivity contribution in [2.45, 2.75) is 44.7 Å². The van der Waals surface area contributed by atoms with Gasteiger partial charge in [-0.15, -0.1) is 11.5 Å². The Morgan fingerprint density at radius 3 is 2.38 bits per heavy atom. The van der Waals surface area contributed by atoms with Crippen molar-refractivity contribution < 1.29 is 33.3 Å². The first-order chi connectivity index (χ1) is 17.6. The second-order valence-electron chi connectivity index (χ2n) is 8.75. The summed E-state index contributed by atoms with van der Waals surface area (Å²) in [7, 11) is 3.05. The SMILES string of the molecule is C#CCOCc1cn(CCOCCOCCOC(=O)C(C)(C)CC(CC(Br)C(=O)NC)C(=O)NC)nn1. The minimum absolute atomic E-state index is 0.0791. The summed E-state index contributed by atoms with van der Waals surface area (Å²) < 4.78 is 23.2. The van der Waals surface area contributed by atoms with Crippen LogP contribution in [-0.4, -0.2) is 91.3 Å². The summed E-state index contributed by atoms with van der Waals surface area (Å²) in [6, 6.07) is 0. The van der Waals surface area contributed by atoms with E-state index in [2.05, 4.69) is 42.8 Å². The van der Waals surface area contributed by atoms with Gasteiger partial charge in [0, 0.05) is 20.0 Å². The van der Waals surface area contributed by atoms with Crippen LogP contribution in [0.25, 0.3) is 0 Å². The van der Waals surface area contributed by atoms with Crippen LogP contribution in [-0.2, 0) is 46.5 Å². The Kier molecular flexibility index (Phi) is 15.7. The Labute approximate surface area is 226 Å². The van der Waals surface area contributed by atoms with Crippen LogP contribution < -0.4 is 10.6 Å². The molecule has 0 aromatic carbocycles. The van der Waals surface area contributed by atoms with Crippen LogP contribution in [0.3, 0.4) is 0 Å². The summed E-state index contributed by atoms with van der Waals surface area (Å²) in [5.41, 5.74) is -0.235. The fourth-order valence-electron chi connectivity index (χ4n) is 3.30. The molecule has 2 N–H and O–H groups in total. The topological polar surface area (TPSA) is 143 Å². The molecule has 208 valence electrons. The molecule has 2 atom stereocenters. The summed E-state index contributed by atoms with van der Waals surface area (Å²) in [6.45, 7) is 5.94. The summed E-state index contributed by atoms with van der Waals surface area (Å²) in [4.78, 5) is 36.2. The predicted octanol–water partition coefficient (Wildman–Crippen LogP) is 0.682. The molecule has 0 radical (unpaired) electrons. The maximum atomic E-state index is 12.6. The molecule has 0 fully saturated rings. The van der Waals surface area contributed by atoms with Gasteiger partial charge in [-0.2, -0.15) is 0 Å². The lowest BCUT2D eigenvalue weighted by atomic mass is 9.80. The Morgan fingerprint density at radius 1 is 1.08 bits per heavy atom. The zero-order chi connectivity index (χ0) is 27.7. The van der Waals surface area contributed by atoms with Gasteiger partial charge in [0.2, 0.25) is 11.8 Å². The second kappa shape index (κ2) is 17.8. The van der Waals surface area contributed by atoms with E-state index in [0.717, 1.165) is 0 Å². The van der Waals surface area contributed by atoms with Crippen LogP contribution >= 0.6 is 15.9 Å². The fourth-order valence-corrected chi connectivity index (χ4v) is 3.98. The Morgan fingerprint density at radius 2 is 1.73 bits per heavy atom. The molecule has 1 aromatic rings. The molecule has 37 heavy (non-hydrogen) atoms. The Balaban J connectivity index is 2.25. The number of nitrogens with one attached hydrogen (secondary N) is 2. The zero-order valence-electron chi connectivity index (χ0n) is 22.0. The molecule has 13 heteroatoms. The maximum absolute atomic E-state index is 12.6. The normalized spacial score (nSPS) is 12.9. The molecule has 0 saturated heterocycles. The summed E-state index contributed by atoms with van der Waals surface area (Å²) >= 11 is 3.30. The van der Waals surface area contributed by atoms with E-state index >= 15 is 0 Å². The number of carbonyl (C=O) groups excluding carboxylic acids is 3. The largest absolute Gasteiger partial charge is 0.463 e. The van der Waals surface area contributed by atoms with E-state index in [1.807, 2.05) is 0 Å². The number of hydrogen-bond donors (Lipinski definition) is 2. The minimum atomic E-state index is -0.926. The molecule has 12 nitrogen and oxygen atoms in total. The molecule has 0 bridgehead atoms. The third-order valence-corrected chi connectivity index (χ3v) is 6.06. The number of terminal acetylenes is 1. The van der Waals surface area contributed by atoms with Crippen LogP contribution in [0.2, 0.25) is 0 Å². The van der Waals surface area contributed by atoms with Gasteiger partial charge in [-0.05, 0) is 26.7 Å². The molecule has 1 rings (SSSR count). The van der Waals surface area contributed by atoms with Gasteiger partial charge in [0.15, 0.2) is 0 Å². The third-order valence-electron chi connectivity index (χ3n) is 5.27. The standard InChI is InChI=1S/C24H38BrN5O7/c1-6-8-36-17-19-16-30(29-28-19)7-9-34-10-11-35-12-13-37-23(33)24(2,3)15-18(21(31)26-4)14-20(25)22(32)27-5/h1,16,18,20H,7-15,17H2,2-5H3,(H,26,31)(H,27,32). The zero-order valence-corrected chi connectivity index (χ0v) is 23.5. The number of halogens is 1. The van der Waals surface area contributed by atoms with Crippen molar-refractivity contribution >= 4 is 33.7 Å². The third kappa shape index (κ3) is 13.0. The van der Waals surface area contributed by atoms with E-state index in [0.29, 0.717) is 38.7 Å². The number of esters is 1. The van der Waals surface area contributed by atoms with Crippen LogP contribution in [0.5, 0.6) is 0 Å². The number of ether oxygens (including phenoxy) is 4. The number of amides is 2. The lowest BCUT2D eigenvalue weighted by Crippen LogP contribution is -2.39. The van der Waals surface area contributed by atoms with E-state index in [1.165, 1.54) is 14.1 Å². The second-order valence-corrected chi connectivity index (χ2v) is 9.85. The predicted molar refractivity (Wildman–Crippen MR) is 138 cm³/mol. The average molecular weight is 588 g/mol. The van der Waals surface area contributed by atoms with Gasteiger partial charge in [-0.3, -0.25) is 14.4 Å². The van der Waals surface area contributed by atoms with E-state index in [1.54, 1.807) is 24.7 Å². The first-order valence-electron chi connectivity index (χ1n) is 11.9. The van der Waals surface area contributed by atoms with Gasteiger partial charge >= 0.3 is 5.97 Å². The van der Waals surface area contributed by atoms with Crippen molar-refractivity contribution in [3.05, 3.63) is 11.9 Å². The lowest BCUT2D eigenvalue weighted by molar-refractivity contribution is -0.157. The van der Waals surface area contributed by atoms with Crippen LogP contribution in [0.4, 0.5) is 0 Å². The highest BCUT2D eigenvalue weighted by Gasteiger charge is 2.36. The molecule has 0 aliphatic carbocycles.